The normalized spacial score (nSPS) is 8.89. The summed E-state index contributed by atoms with van der Waals surface area (Å²) in [6.07, 6.45) is 8.76. The number of nitrogens with two attached hydrogens (primary N) is 1. The van der Waals surface area contributed by atoms with Gasteiger partial charge in [-0.15, -0.1) is 0 Å². The molecule has 1 amide bonds. The van der Waals surface area contributed by atoms with Crippen LogP contribution in [0.25, 0.3) is 0 Å². The van der Waals surface area contributed by atoms with E-state index in [-0.39, 0.29) is 11.1 Å². The van der Waals surface area contributed by atoms with Crippen molar-refractivity contribution in [1.29, 1.82) is 0 Å². The molecule has 0 radical (unpaired) electrons. The monoisotopic (exact) mass is 368 g/mol. The molecule has 0 aliphatic carbocycles. The number of carboxylic acid groups (broad SMARTS) is 2. The molecule has 0 aromatic carbocycles. The summed E-state index contributed by atoms with van der Waals surface area (Å²) in [4.78, 5) is 41.7. The predicted molar refractivity (Wildman–Crippen MR) is 95.1 cm³/mol. The molecule has 0 bridgehead atoms. The zero-order chi connectivity index (χ0) is 20.1. The van der Waals surface area contributed by atoms with Crippen LogP contribution >= 0.6 is 0 Å². The molecule has 3 rings (SSSR count). The third-order valence-corrected chi connectivity index (χ3v) is 2.78. The van der Waals surface area contributed by atoms with E-state index >= 15 is 0 Å². The maximum absolute atomic E-state index is 10.4. The van der Waals surface area contributed by atoms with Crippen LogP contribution in [-0.4, -0.2) is 43.0 Å². The highest BCUT2D eigenvalue weighted by Crippen LogP contribution is 1.94. The fourth-order valence-corrected chi connectivity index (χ4v) is 1.49. The fourth-order valence-electron chi connectivity index (χ4n) is 1.49. The standard InChI is InChI=1S/C6H6N2O.2C6H5NO2/c7-6(9)5-2-1-3-8-4-5;8-6(9)5-1-3-7-4-2-5;8-6(9)5-2-1-3-7-4-5/h1-4H,(H2,7,9);2*1-4H,(H,8,9). The van der Waals surface area contributed by atoms with Crippen molar-refractivity contribution in [3.8, 4) is 0 Å². The van der Waals surface area contributed by atoms with E-state index in [9.17, 15) is 14.4 Å². The molecular formula is C18H16N4O5. The van der Waals surface area contributed by atoms with Crippen molar-refractivity contribution in [2.24, 2.45) is 5.73 Å². The highest BCUT2D eigenvalue weighted by molar-refractivity contribution is 5.92. The number of primary amides is 1. The van der Waals surface area contributed by atoms with E-state index in [1.807, 2.05) is 0 Å². The van der Waals surface area contributed by atoms with E-state index in [0.717, 1.165) is 0 Å². The van der Waals surface area contributed by atoms with Crippen LogP contribution in [0, 0.1) is 0 Å². The Labute approximate surface area is 154 Å². The van der Waals surface area contributed by atoms with Crippen LogP contribution in [0.2, 0.25) is 0 Å². The minimum Gasteiger partial charge on any atom is -0.478 e. The quantitative estimate of drug-likeness (QED) is 0.631. The van der Waals surface area contributed by atoms with Crippen molar-refractivity contribution >= 4 is 17.8 Å². The van der Waals surface area contributed by atoms with E-state index in [0.29, 0.717) is 5.56 Å². The summed E-state index contributed by atoms with van der Waals surface area (Å²) in [5.74, 6) is -2.30. The zero-order valence-electron chi connectivity index (χ0n) is 14.0. The number of amides is 1. The molecule has 0 saturated heterocycles. The lowest BCUT2D eigenvalue weighted by Gasteiger charge is -1.88. The number of carboxylic acids is 2. The molecule has 138 valence electrons. The number of rotatable bonds is 3. The molecule has 3 aromatic rings. The topological polar surface area (TPSA) is 156 Å². The van der Waals surface area contributed by atoms with Gasteiger partial charge in [0.25, 0.3) is 0 Å². The van der Waals surface area contributed by atoms with Crippen LogP contribution in [0.3, 0.4) is 0 Å². The van der Waals surface area contributed by atoms with Crippen LogP contribution in [0.1, 0.15) is 31.1 Å². The summed E-state index contributed by atoms with van der Waals surface area (Å²) >= 11 is 0. The van der Waals surface area contributed by atoms with Crippen molar-refractivity contribution in [2.75, 3.05) is 0 Å². The van der Waals surface area contributed by atoms with Crippen LogP contribution in [-0.2, 0) is 0 Å². The number of carbonyl (C=O) groups is 3. The van der Waals surface area contributed by atoms with Crippen LogP contribution in [0.5, 0.6) is 0 Å². The molecule has 9 nitrogen and oxygen atoms in total. The Bertz CT molecular complexity index is 741. The minimum atomic E-state index is -0.942. The van der Waals surface area contributed by atoms with Gasteiger partial charge in [-0.1, -0.05) is 0 Å². The number of aromatic nitrogens is 3. The van der Waals surface area contributed by atoms with Gasteiger partial charge in [-0.2, -0.15) is 0 Å². The number of carbonyl (C=O) groups excluding carboxylic acids is 1. The number of hydrogen-bond acceptors (Lipinski definition) is 6. The predicted octanol–water partition coefficient (Wildman–Crippen LogP) is 1.74. The zero-order valence-corrected chi connectivity index (χ0v) is 14.0. The Morgan fingerprint density at radius 2 is 1.15 bits per heavy atom. The largest absolute Gasteiger partial charge is 0.478 e. The van der Waals surface area contributed by atoms with Crippen molar-refractivity contribution in [3.63, 3.8) is 0 Å². The lowest BCUT2D eigenvalue weighted by molar-refractivity contribution is 0.0685. The third kappa shape index (κ3) is 8.49. The number of nitrogens with zero attached hydrogens (tertiary/aromatic N) is 3. The molecule has 27 heavy (non-hydrogen) atoms. The molecule has 4 N–H and O–H groups in total. The van der Waals surface area contributed by atoms with Gasteiger partial charge in [-0.25, -0.2) is 9.59 Å². The fraction of sp³-hybridized carbons (Fsp3) is 0. The van der Waals surface area contributed by atoms with Crippen LogP contribution in [0.4, 0.5) is 0 Å². The lowest BCUT2D eigenvalue weighted by Crippen LogP contribution is -2.10. The van der Waals surface area contributed by atoms with E-state index in [4.69, 9.17) is 15.9 Å². The molecule has 0 spiro atoms. The highest BCUT2D eigenvalue weighted by atomic mass is 16.4. The second-order valence-electron chi connectivity index (χ2n) is 4.69. The lowest BCUT2D eigenvalue weighted by atomic mass is 10.3. The van der Waals surface area contributed by atoms with Gasteiger partial charge >= 0.3 is 11.9 Å². The van der Waals surface area contributed by atoms with E-state index in [1.54, 1.807) is 24.4 Å². The molecule has 0 aliphatic rings. The van der Waals surface area contributed by atoms with Gasteiger partial charge < -0.3 is 15.9 Å². The Morgan fingerprint density at radius 3 is 1.41 bits per heavy atom. The van der Waals surface area contributed by atoms with Gasteiger partial charge in [-0.3, -0.25) is 19.7 Å². The molecular weight excluding hydrogens is 352 g/mol. The molecule has 0 aliphatic heterocycles. The smallest absolute Gasteiger partial charge is 0.337 e. The van der Waals surface area contributed by atoms with Gasteiger partial charge in [0.1, 0.15) is 0 Å². The molecule has 0 unspecified atom stereocenters. The SMILES string of the molecule is NC(=O)c1cccnc1.O=C(O)c1cccnc1.O=C(O)c1ccncc1. The maximum atomic E-state index is 10.4. The summed E-state index contributed by atoms with van der Waals surface area (Å²) in [6, 6.07) is 9.26. The van der Waals surface area contributed by atoms with Gasteiger partial charge in [0, 0.05) is 37.2 Å². The Hall–Kier alpha value is -4.14. The second kappa shape index (κ2) is 11.4. The molecule has 3 aromatic heterocycles. The summed E-state index contributed by atoms with van der Waals surface area (Å²) in [6.45, 7) is 0. The third-order valence-electron chi connectivity index (χ3n) is 2.78. The van der Waals surface area contributed by atoms with Crippen LogP contribution < -0.4 is 5.73 Å². The van der Waals surface area contributed by atoms with Crippen molar-refractivity contribution < 1.29 is 24.6 Å². The first-order valence-electron chi connectivity index (χ1n) is 7.38. The molecule has 9 heteroatoms. The Kier molecular flexibility index (Phi) is 8.84. The van der Waals surface area contributed by atoms with Crippen molar-refractivity contribution in [2.45, 2.75) is 0 Å². The average molecular weight is 368 g/mol. The molecule has 0 saturated carbocycles. The molecule has 0 fully saturated rings. The number of aromatic carboxylic acids is 2. The molecule has 0 atom stereocenters. The number of pyridine rings is 3. The number of hydrogen-bond donors (Lipinski definition) is 3. The first kappa shape index (κ1) is 20.9. The first-order valence-corrected chi connectivity index (χ1v) is 7.38. The minimum absolute atomic E-state index is 0.220. The Morgan fingerprint density at radius 1 is 0.667 bits per heavy atom. The summed E-state index contributed by atoms with van der Waals surface area (Å²) in [5.41, 5.74) is 5.87. The summed E-state index contributed by atoms with van der Waals surface area (Å²) < 4.78 is 0. The first-order chi connectivity index (χ1) is 12.9. The van der Waals surface area contributed by atoms with E-state index in [2.05, 4.69) is 15.0 Å². The van der Waals surface area contributed by atoms with E-state index < -0.39 is 17.8 Å². The Balaban J connectivity index is 0.000000202. The summed E-state index contributed by atoms with van der Waals surface area (Å²) in [7, 11) is 0. The highest BCUT2D eigenvalue weighted by Gasteiger charge is 1.98. The van der Waals surface area contributed by atoms with Gasteiger partial charge in [0.05, 0.1) is 16.7 Å². The van der Waals surface area contributed by atoms with Gasteiger partial charge in [-0.05, 0) is 36.4 Å². The van der Waals surface area contributed by atoms with Crippen LogP contribution in [0.15, 0.2) is 73.6 Å². The van der Waals surface area contributed by atoms with Gasteiger partial charge in [0.2, 0.25) is 5.91 Å². The summed E-state index contributed by atoms with van der Waals surface area (Å²) in [5, 5.41) is 16.7. The maximum Gasteiger partial charge on any atom is 0.337 e. The average Bonchev–Trinajstić information content (AvgIpc) is 2.71. The van der Waals surface area contributed by atoms with Crippen molar-refractivity contribution in [3.05, 3.63) is 90.3 Å². The van der Waals surface area contributed by atoms with Crippen molar-refractivity contribution in [1.82, 2.24) is 15.0 Å². The molecule has 3 heterocycles. The van der Waals surface area contributed by atoms with Gasteiger partial charge in [0.15, 0.2) is 0 Å². The second-order valence-corrected chi connectivity index (χ2v) is 4.69. The van der Waals surface area contributed by atoms with E-state index in [1.165, 1.54) is 49.2 Å².